The summed E-state index contributed by atoms with van der Waals surface area (Å²) in [6.45, 7) is 3.80. The molecule has 0 saturated carbocycles. The summed E-state index contributed by atoms with van der Waals surface area (Å²) in [5.41, 5.74) is 0.462. The Kier molecular flexibility index (Phi) is 4.89. The largest absolute Gasteiger partial charge is 0.308 e. The van der Waals surface area contributed by atoms with Crippen molar-refractivity contribution in [3.05, 3.63) is 57.0 Å². The van der Waals surface area contributed by atoms with Crippen molar-refractivity contribution in [1.29, 1.82) is 0 Å². The van der Waals surface area contributed by atoms with Crippen molar-refractivity contribution in [3.8, 4) is 0 Å². The number of halogens is 1. The van der Waals surface area contributed by atoms with Gasteiger partial charge in [-0.2, -0.15) is 10.2 Å². The van der Waals surface area contributed by atoms with Gasteiger partial charge in [-0.05, 0) is 36.2 Å². The third-order valence-electron chi connectivity index (χ3n) is 3.63. The monoisotopic (exact) mass is 401 g/mol. The van der Waals surface area contributed by atoms with Crippen molar-refractivity contribution in [2.45, 2.75) is 26.3 Å². The molecule has 1 N–H and O–H groups in total. The van der Waals surface area contributed by atoms with E-state index < -0.39 is 0 Å². The lowest BCUT2D eigenvalue weighted by atomic mass is 10.0. The highest BCUT2D eigenvalue weighted by molar-refractivity contribution is 9.10. The van der Waals surface area contributed by atoms with Crippen LogP contribution in [0.1, 0.15) is 25.5 Å². The predicted octanol–water partition coefficient (Wildman–Crippen LogP) is 2.71. The van der Waals surface area contributed by atoms with E-state index in [-0.39, 0.29) is 23.9 Å². The fourth-order valence-electron chi connectivity index (χ4n) is 2.50. The lowest BCUT2D eigenvalue weighted by Gasteiger charge is -2.13. The van der Waals surface area contributed by atoms with Gasteiger partial charge < -0.3 is 5.32 Å². The number of hydrogen-bond acceptors (Lipinski definition) is 5. The molecule has 0 aliphatic heterocycles. The molecule has 0 fully saturated rings. The van der Waals surface area contributed by atoms with Gasteiger partial charge in [-0.3, -0.25) is 9.59 Å². The van der Waals surface area contributed by atoms with E-state index in [4.69, 9.17) is 0 Å². The van der Waals surface area contributed by atoms with E-state index in [1.807, 2.05) is 19.9 Å². The summed E-state index contributed by atoms with van der Waals surface area (Å²) in [4.78, 5) is 24.9. The summed E-state index contributed by atoms with van der Waals surface area (Å²) in [5.74, 6) is 0.0438. The van der Waals surface area contributed by atoms with E-state index in [2.05, 4.69) is 36.5 Å². The van der Waals surface area contributed by atoms with Gasteiger partial charge in [0.1, 0.15) is 6.54 Å². The quantitative estimate of drug-likeness (QED) is 0.725. The van der Waals surface area contributed by atoms with Crippen LogP contribution in [0.15, 0.2) is 45.8 Å². The van der Waals surface area contributed by atoms with Gasteiger partial charge in [0, 0.05) is 16.1 Å². The van der Waals surface area contributed by atoms with Gasteiger partial charge in [-0.15, -0.1) is 5.10 Å². The highest BCUT2D eigenvalue weighted by atomic mass is 79.9. The molecule has 0 radical (unpaired) electrons. The molecule has 2 aromatic heterocycles. The van der Waals surface area contributed by atoms with Crippen LogP contribution in [0.5, 0.6) is 0 Å². The second-order valence-electron chi connectivity index (χ2n) is 5.85. The number of rotatable bonds is 4. The molecule has 1 aromatic carbocycles. The summed E-state index contributed by atoms with van der Waals surface area (Å²) in [7, 11) is 0. The average molecular weight is 402 g/mol. The van der Waals surface area contributed by atoms with Crippen LogP contribution >= 0.6 is 15.9 Å². The molecule has 25 heavy (non-hydrogen) atoms. The SMILES string of the molecule is CC(C)c1nn(CC(=O)Nc2cccnn2)c(=O)c2ccc(Br)cc12. The van der Waals surface area contributed by atoms with Crippen LogP contribution < -0.4 is 10.9 Å². The van der Waals surface area contributed by atoms with Gasteiger partial charge in [0.25, 0.3) is 5.56 Å². The average Bonchev–Trinajstić information content (AvgIpc) is 2.57. The van der Waals surface area contributed by atoms with E-state index in [9.17, 15) is 9.59 Å². The van der Waals surface area contributed by atoms with E-state index in [1.165, 1.54) is 10.9 Å². The first-order chi connectivity index (χ1) is 12.0. The number of aromatic nitrogens is 4. The topological polar surface area (TPSA) is 89.8 Å². The molecule has 7 nitrogen and oxygen atoms in total. The van der Waals surface area contributed by atoms with Crippen molar-refractivity contribution < 1.29 is 4.79 Å². The van der Waals surface area contributed by atoms with Crippen LogP contribution in [-0.4, -0.2) is 25.9 Å². The van der Waals surface area contributed by atoms with Crippen LogP contribution in [0.2, 0.25) is 0 Å². The van der Waals surface area contributed by atoms with Crippen LogP contribution in [-0.2, 0) is 11.3 Å². The summed E-state index contributed by atoms with van der Waals surface area (Å²) >= 11 is 3.42. The van der Waals surface area contributed by atoms with Gasteiger partial charge in [-0.25, -0.2) is 4.68 Å². The number of carbonyl (C=O) groups is 1. The molecule has 3 rings (SSSR count). The highest BCUT2D eigenvalue weighted by Crippen LogP contribution is 2.24. The smallest absolute Gasteiger partial charge is 0.275 e. The Labute approximate surface area is 152 Å². The number of benzene rings is 1. The summed E-state index contributed by atoms with van der Waals surface area (Å²) in [5, 5.41) is 15.8. The Morgan fingerprint density at radius 3 is 2.76 bits per heavy atom. The Hall–Kier alpha value is -2.61. The maximum absolute atomic E-state index is 12.7. The summed E-state index contributed by atoms with van der Waals surface area (Å²) in [6, 6.07) is 8.71. The molecule has 0 aliphatic rings. The minimum absolute atomic E-state index is 0.103. The minimum atomic E-state index is -0.388. The van der Waals surface area contributed by atoms with Crippen LogP contribution in [0.25, 0.3) is 10.8 Å². The second kappa shape index (κ2) is 7.10. The fraction of sp³-hybridized carbons (Fsp3) is 0.235. The van der Waals surface area contributed by atoms with Gasteiger partial charge in [0.15, 0.2) is 5.82 Å². The Bertz CT molecular complexity index is 985. The second-order valence-corrected chi connectivity index (χ2v) is 6.77. The first-order valence-electron chi connectivity index (χ1n) is 7.73. The normalized spacial score (nSPS) is 11.0. The molecule has 0 aliphatic carbocycles. The van der Waals surface area contributed by atoms with Crippen LogP contribution in [0, 0.1) is 0 Å². The number of carbonyl (C=O) groups excluding carboxylic acids is 1. The molecular weight excluding hydrogens is 386 g/mol. The summed E-state index contributed by atoms with van der Waals surface area (Å²) < 4.78 is 2.07. The molecule has 1 amide bonds. The van der Waals surface area contributed by atoms with Gasteiger partial charge in [-0.1, -0.05) is 29.8 Å². The van der Waals surface area contributed by atoms with Crippen LogP contribution in [0.3, 0.4) is 0 Å². The van der Waals surface area contributed by atoms with Gasteiger partial charge >= 0.3 is 0 Å². The van der Waals surface area contributed by atoms with E-state index >= 15 is 0 Å². The number of fused-ring (bicyclic) bond motifs is 1. The molecule has 0 saturated heterocycles. The Balaban J connectivity index is 1.99. The zero-order valence-corrected chi connectivity index (χ0v) is 15.3. The van der Waals surface area contributed by atoms with Crippen molar-refractivity contribution >= 4 is 38.4 Å². The zero-order chi connectivity index (χ0) is 18.0. The lowest BCUT2D eigenvalue weighted by molar-refractivity contribution is -0.117. The van der Waals surface area contributed by atoms with E-state index in [1.54, 1.807) is 24.3 Å². The fourth-order valence-corrected chi connectivity index (χ4v) is 2.86. The molecule has 3 aromatic rings. The first kappa shape index (κ1) is 17.2. The first-order valence-corrected chi connectivity index (χ1v) is 8.53. The maximum Gasteiger partial charge on any atom is 0.275 e. The number of nitrogens with one attached hydrogen (secondary N) is 1. The molecule has 0 spiro atoms. The molecule has 8 heteroatoms. The molecular formula is C17H16BrN5O2. The number of nitrogens with zero attached hydrogens (tertiary/aromatic N) is 4. The predicted molar refractivity (Wildman–Crippen MR) is 98.5 cm³/mol. The van der Waals surface area contributed by atoms with Crippen molar-refractivity contribution in [2.75, 3.05) is 5.32 Å². The molecule has 0 atom stereocenters. The summed E-state index contributed by atoms with van der Waals surface area (Å²) in [6.07, 6.45) is 1.51. The van der Waals surface area contributed by atoms with Crippen molar-refractivity contribution in [3.63, 3.8) is 0 Å². The van der Waals surface area contributed by atoms with Gasteiger partial charge in [0.2, 0.25) is 5.91 Å². The Morgan fingerprint density at radius 2 is 2.08 bits per heavy atom. The van der Waals surface area contributed by atoms with E-state index in [0.717, 1.165) is 15.6 Å². The molecule has 2 heterocycles. The molecule has 0 unspecified atom stereocenters. The van der Waals surface area contributed by atoms with Crippen LogP contribution in [0.4, 0.5) is 5.82 Å². The highest BCUT2D eigenvalue weighted by Gasteiger charge is 2.15. The van der Waals surface area contributed by atoms with Crippen molar-refractivity contribution in [2.24, 2.45) is 0 Å². The standard InChI is InChI=1S/C17H16BrN5O2/c1-10(2)16-13-8-11(18)5-6-12(13)17(25)23(22-16)9-15(24)20-14-4-3-7-19-21-14/h3-8,10H,9H2,1-2H3,(H,20,21,24). The van der Waals surface area contributed by atoms with E-state index in [0.29, 0.717) is 11.2 Å². The lowest BCUT2D eigenvalue weighted by Crippen LogP contribution is -2.31. The third kappa shape index (κ3) is 3.74. The van der Waals surface area contributed by atoms with Crippen molar-refractivity contribution in [1.82, 2.24) is 20.0 Å². The molecule has 128 valence electrons. The maximum atomic E-state index is 12.7. The van der Waals surface area contributed by atoms with Gasteiger partial charge in [0.05, 0.1) is 11.1 Å². The number of anilines is 1. The minimum Gasteiger partial charge on any atom is -0.308 e. The number of hydrogen-bond donors (Lipinski definition) is 1. The zero-order valence-electron chi connectivity index (χ0n) is 13.7. The third-order valence-corrected chi connectivity index (χ3v) is 4.12. The number of amides is 1. The molecule has 0 bridgehead atoms. The Morgan fingerprint density at radius 1 is 1.28 bits per heavy atom.